The van der Waals surface area contributed by atoms with Crippen LogP contribution in [0.2, 0.25) is 0 Å². The number of carbonyl (C=O) groups is 1. The maximum Gasteiger partial charge on any atom is 0.341 e. The molecular weight excluding hydrogens is 356 g/mol. The van der Waals surface area contributed by atoms with Gasteiger partial charge in [-0.15, -0.1) is 10.2 Å². The number of nitrogens with zero attached hydrogens (tertiary/aromatic N) is 4. The van der Waals surface area contributed by atoms with E-state index in [1.807, 2.05) is 42.7 Å². The van der Waals surface area contributed by atoms with Crippen LogP contribution in [-0.2, 0) is 24.2 Å². The van der Waals surface area contributed by atoms with Gasteiger partial charge in [0.1, 0.15) is 23.5 Å². The molecule has 7 nitrogen and oxygen atoms in total. The first-order valence-electron chi connectivity index (χ1n) is 9.57. The van der Waals surface area contributed by atoms with Gasteiger partial charge in [0.05, 0.1) is 11.3 Å². The number of aromatic nitrogens is 3. The van der Waals surface area contributed by atoms with Crippen molar-refractivity contribution in [3.8, 4) is 0 Å². The van der Waals surface area contributed by atoms with Crippen molar-refractivity contribution >= 4 is 11.7 Å². The molecule has 146 valence electrons. The summed E-state index contributed by atoms with van der Waals surface area (Å²) in [5.41, 5.74) is 1.65. The number of fused-ring (bicyclic) bond motifs is 2. The molecule has 0 saturated carbocycles. The number of aliphatic hydroxyl groups is 1. The maximum absolute atomic E-state index is 12.3. The molecule has 2 N–H and O–H groups in total. The highest BCUT2D eigenvalue weighted by Crippen LogP contribution is 2.33. The lowest BCUT2D eigenvalue weighted by molar-refractivity contribution is -0.132. The van der Waals surface area contributed by atoms with Crippen molar-refractivity contribution in [3.63, 3.8) is 0 Å². The first kappa shape index (κ1) is 18.4. The van der Waals surface area contributed by atoms with Crippen LogP contribution in [-0.4, -0.2) is 42.2 Å². The SMILES string of the molecule is CC1(C)Cc2ccccc2C(/C(C(=O)O)=C(\O)C2CCCn3cnnc3C2)=N1. The van der Waals surface area contributed by atoms with Gasteiger partial charge in [-0.3, -0.25) is 4.99 Å². The summed E-state index contributed by atoms with van der Waals surface area (Å²) in [6.07, 6.45) is 4.37. The normalized spacial score (nSPS) is 21.6. The van der Waals surface area contributed by atoms with Crippen LogP contribution < -0.4 is 0 Å². The molecule has 0 bridgehead atoms. The fraction of sp³-hybridized carbons (Fsp3) is 0.429. The third-order valence-corrected chi connectivity index (χ3v) is 5.48. The predicted octanol–water partition coefficient (Wildman–Crippen LogP) is 2.95. The monoisotopic (exact) mass is 380 g/mol. The molecule has 0 fully saturated rings. The summed E-state index contributed by atoms with van der Waals surface area (Å²) < 4.78 is 1.96. The predicted molar refractivity (Wildman–Crippen MR) is 105 cm³/mol. The maximum atomic E-state index is 12.3. The van der Waals surface area contributed by atoms with Gasteiger partial charge >= 0.3 is 5.97 Å². The number of benzene rings is 1. The van der Waals surface area contributed by atoms with Gasteiger partial charge in [-0.05, 0) is 38.7 Å². The van der Waals surface area contributed by atoms with Crippen LogP contribution >= 0.6 is 0 Å². The van der Waals surface area contributed by atoms with E-state index in [9.17, 15) is 15.0 Å². The van der Waals surface area contributed by atoms with E-state index in [1.54, 1.807) is 6.33 Å². The highest BCUT2D eigenvalue weighted by molar-refractivity contribution is 6.27. The van der Waals surface area contributed by atoms with Crippen molar-refractivity contribution in [2.24, 2.45) is 10.9 Å². The Balaban J connectivity index is 1.82. The molecule has 0 spiro atoms. The van der Waals surface area contributed by atoms with E-state index in [-0.39, 0.29) is 17.3 Å². The van der Waals surface area contributed by atoms with Gasteiger partial charge < -0.3 is 14.8 Å². The molecule has 0 aliphatic carbocycles. The van der Waals surface area contributed by atoms with Gasteiger partial charge in [-0.1, -0.05) is 24.3 Å². The van der Waals surface area contributed by atoms with Crippen LogP contribution in [0.25, 0.3) is 0 Å². The number of carboxylic acid groups (broad SMARTS) is 1. The highest BCUT2D eigenvalue weighted by Gasteiger charge is 2.34. The number of aliphatic hydroxyl groups excluding tert-OH is 1. The lowest BCUT2D eigenvalue weighted by Gasteiger charge is -2.30. The lowest BCUT2D eigenvalue weighted by atomic mass is 9.83. The van der Waals surface area contributed by atoms with Crippen LogP contribution in [0.15, 0.2) is 46.9 Å². The summed E-state index contributed by atoms with van der Waals surface area (Å²) in [5.74, 6) is -0.828. The molecule has 7 heteroatoms. The molecule has 1 atom stereocenters. The number of aliphatic imine (C=N–C) groups is 1. The third kappa shape index (κ3) is 3.32. The highest BCUT2D eigenvalue weighted by atomic mass is 16.4. The second-order valence-corrected chi connectivity index (χ2v) is 8.16. The average molecular weight is 380 g/mol. The number of hydrogen-bond donors (Lipinski definition) is 2. The number of hydrogen-bond acceptors (Lipinski definition) is 5. The molecule has 28 heavy (non-hydrogen) atoms. The van der Waals surface area contributed by atoms with E-state index in [4.69, 9.17) is 4.99 Å². The van der Waals surface area contributed by atoms with Gasteiger partial charge in [0, 0.05) is 24.4 Å². The van der Waals surface area contributed by atoms with E-state index in [0.717, 1.165) is 36.3 Å². The summed E-state index contributed by atoms with van der Waals surface area (Å²) in [5, 5.41) is 29.2. The van der Waals surface area contributed by atoms with Crippen molar-refractivity contribution in [2.45, 2.75) is 51.6 Å². The van der Waals surface area contributed by atoms with Gasteiger partial charge in [-0.25, -0.2) is 4.79 Å². The Bertz CT molecular complexity index is 987. The van der Waals surface area contributed by atoms with Gasteiger partial charge in [-0.2, -0.15) is 0 Å². The molecular formula is C21H24N4O3. The summed E-state index contributed by atoms with van der Waals surface area (Å²) in [4.78, 5) is 17.0. The fourth-order valence-corrected chi connectivity index (χ4v) is 4.19. The Morgan fingerprint density at radius 3 is 2.82 bits per heavy atom. The van der Waals surface area contributed by atoms with Crippen LogP contribution in [0, 0.1) is 5.92 Å². The molecule has 0 radical (unpaired) electrons. The lowest BCUT2D eigenvalue weighted by Crippen LogP contribution is -2.32. The largest absolute Gasteiger partial charge is 0.511 e. The second kappa shape index (κ2) is 6.89. The summed E-state index contributed by atoms with van der Waals surface area (Å²) in [6.45, 7) is 4.73. The summed E-state index contributed by atoms with van der Waals surface area (Å²) in [6, 6.07) is 7.69. The van der Waals surface area contributed by atoms with E-state index in [2.05, 4.69) is 10.2 Å². The zero-order valence-electron chi connectivity index (χ0n) is 16.1. The molecule has 3 heterocycles. The van der Waals surface area contributed by atoms with Crippen LogP contribution in [0.1, 0.15) is 43.6 Å². The van der Waals surface area contributed by atoms with Gasteiger partial charge in [0.2, 0.25) is 0 Å². The Morgan fingerprint density at radius 2 is 2.04 bits per heavy atom. The molecule has 2 aliphatic heterocycles. The summed E-state index contributed by atoms with van der Waals surface area (Å²) >= 11 is 0. The quantitative estimate of drug-likeness (QED) is 0.630. The van der Waals surface area contributed by atoms with Crippen LogP contribution in [0.5, 0.6) is 0 Å². The molecule has 1 unspecified atom stereocenters. The minimum Gasteiger partial charge on any atom is -0.511 e. The zero-order valence-corrected chi connectivity index (χ0v) is 16.1. The Hall–Kier alpha value is -2.96. The van der Waals surface area contributed by atoms with Crippen molar-refractivity contribution in [2.75, 3.05) is 0 Å². The first-order chi connectivity index (χ1) is 13.4. The fourth-order valence-electron chi connectivity index (χ4n) is 4.19. The Morgan fingerprint density at radius 1 is 1.25 bits per heavy atom. The molecule has 0 saturated heterocycles. The molecule has 4 rings (SSSR count). The number of rotatable bonds is 3. The van der Waals surface area contributed by atoms with E-state index in [0.29, 0.717) is 18.6 Å². The molecule has 1 aromatic carbocycles. The van der Waals surface area contributed by atoms with Crippen molar-refractivity contribution in [3.05, 3.63) is 58.9 Å². The minimum atomic E-state index is -1.16. The zero-order chi connectivity index (χ0) is 19.9. The van der Waals surface area contributed by atoms with Crippen LogP contribution in [0.3, 0.4) is 0 Å². The summed E-state index contributed by atoms with van der Waals surface area (Å²) in [7, 11) is 0. The van der Waals surface area contributed by atoms with E-state index in [1.165, 1.54) is 0 Å². The topological polar surface area (TPSA) is 101 Å². The van der Waals surface area contributed by atoms with Gasteiger partial charge in [0.15, 0.2) is 0 Å². The average Bonchev–Trinajstić information content (AvgIpc) is 2.97. The minimum absolute atomic E-state index is 0.0989. The van der Waals surface area contributed by atoms with Crippen molar-refractivity contribution in [1.82, 2.24) is 14.8 Å². The van der Waals surface area contributed by atoms with Crippen molar-refractivity contribution in [1.29, 1.82) is 0 Å². The first-order valence-corrected chi connectivity index (χ1v) is 9.57. The second-order valence-electron chi connectivity index (χ2n) is 8.16. The molecule has 1 aromatic heterocycles. The number of carboxylic acids is 1. The number of allylic oxidation sites excluding steroid dienone is 1. The van der Waals surface area contributed by atoms with E-state index >= 15 is 0 Å². The third-order valence-electron chi connectivity index (χ3n) is 5.48. The number of aliphatic carboxylic acids is 1. The number of aryl methyl sites for hydroxylation is 1. The van der Waals surface area contributed by atoms with Crippen molar-refractivity contribution < 1.29 is 15.0 Å². The Kier molecular flexibility index (Phi) is 4.53. The molecule has 2 aliphatic rings. The molecule has 2 aromatic rings. The van der Waals surface area contributed by atoms with Gasteiger partial charge in [0.25, 0.3) is 0 Å². The molecule has 0 amide bonds. The van der Waals surface area contributed by atoms with E-state index < -0.39 is 11.5 Å². The van der Waals surface area contributed by atoms with Crippen LogP contribution in [0.4, 0.5) is 0 Å². The standard InChI is InChI=1S/C21H24N4O3/c1-21(2)11-14-6-3-4-8-15(14)18(23-21)17(20(27)28)19(26)13-7-5-9-25-12-22-24-16(25)10-13/h3-4,6,8,12-13,26H,5,7,9-11H2,1-2H3,(H,27,28)/b19-17+. The smallest absolute Gasteiger partial charge is 0.341 e. The Labute approximate surface area is 163 Å².